The molecule has 4 nitrogen and oxygen atoms in total. The average Bonchev–Trinajstić information content (AvgIpc) is 2.96. The fourth-order valence-electron chi connectivity index (χ4n) is 1.87. The molecule has 0 aliphatic heterocycles. The van der Waals surface area contributed by atoms with Crippen LogP contribution in [0, 0.1) is 0 Å². The fourth-order valence-corrected chi connectivity index (χ4v) is 2.77. The number of benzene rings is 1. The lowest BCUT2D eigenvalue weighted by Crippen LogP contribution is -2.25. The SMILES string of the molecule is COc1cccc(C(=O)NCCc2ccc(C(C)=O)s2)c1. The molecule has 0 unspecified atom stereocenters. The van der Waals surface area contributed by atoms with Crippen molar-refractivity contribution in [1.29, 1.82) is 0 Å². The number of hydrogen-bond acceptors (Lipinski definition) is 4. The second-order valence-corrected chi connectivity index (χ2v) is 5.73. The summed E-state index contributed by atoms with van der Waals surface area (Å²) in [6.07, 6.45) is 0.716. The quantitative estimate of drug-likeness (QED) is 0.835. The highest BCUT2D eigenvalue weighted by Gasteiger charge is 2.07. The lowest BCUT2D eigenvalue weighted by atomic mass is 10.2. The van der Waals surface area contributed by atoms with Crippen molar-refractivity contribution in [3.8, 4) is 5.75 Å². The van der Waals surface area contributed by atoms with Gasteiger partial charge in [-0.15, -0.1) is 11.3 Å². The lowest BCUT2D eigenvalue weighted by molar-refractivity contribution is 0.0952. The van der Waals surface area contributed by atoms with Crippen LogP contribution in [0.15, 0.2) is 36.4 Å². The van der Waals surface area contributed by atoms with Gasteiger partial charge in [0, 0.05) is 17.0 Å². The molecule has 2 aromatic rings. The van der Waals surface area contributed by atoms with E-state index in [4.69, 9.17) is 4.74 Å². The number of methoxy groups -OCH3 is 1. The molecule has 0 spiro atoms. The van der Waals surface area contributed by atoms with Crippen molar-refractivity contribution >= 4 is 23.0 Å². The molecule has 0 aliphatic rings. The maximum atomic E-state index is 12.0. The van der Waals surface area contributed by atoms with E-state index in [1.165, 1.54) is 11.3 Å². The van der Waals surface area contributed by atoms with E-state index < -0.39 is 0 Å². The van der Waals surface area contributed by atoms with Gasteiger partial charge in [0.1, 0.15) is 5.75 Å². The van der Waals surface area contributed by atoms with Gasteiger partial charge in [0.25, 0.3) is 5.91 Å². The van der Waals surface area contributed by atoms with E-state index in [2.05, 4.69) is 5.32 Å². The summed E-state index contributed by atoms with van der Waals surface area (Å²) in [5, 5.41) is 2.86. The third-order valence-corrected chi connectivity index (χ3v) is 4.24. The summed E-state index contributed by atoms with van der Waals surface area (Å²) >= 11 is 1.47. The molecule has 1 amide bonds. The van der Waals surface area contributed by atoms with Gasteiger partial charge >= 0.3 is 0 Å². The first kappa shape index (κ1) is 15.3. The predicted octanol–water partition coefficient (Wildman–Crippen LogP) is 2.93. The molecule has 0 bridgehead atoms. The van der Waals surface area contributed by atoms with Gasteiger partial charge in [-0.25, -0.2) is 0 Å². The van der Waals surface area contributed by atoms with Crippen molar-refractivity contribution in [2.75, 3.05) is 13.7 Å². The topological polar surface area (TPSA) is 55.4 Å². The Balaban J connectivity index is 1.87. The largest absolute Gasteiger partial charge is 0.497 e. The van der Waals surface area contributed by atoms with Crippen molar-refractivity contribution in [1.82, 2.24) is 5.32 Å². The molecule has 1 aromatic heterocycles. The van der Waals surface area contributed by atoms with Crippen LogP contribution >= 0.6 is 11.3 Å². The zero-order chi connectivity index (χ0) is 15.2. The van der Waals surface area contributed by atoms with Crippen molar-refractivity contribution in [2.45, 2.75) is 13.3 Å². The number of thiophene rings is 1. The molecule has 0 radical (unpaired) electrons. The number of nitrogens with one attached hydrogen (secondary N) is 1. The Bertz CT molecular complexity index is 648. The first-order valence-corrected chi connectivity index (χ1v) is 7.43. The van der Waals surface area contributed by atoms with Crippen LogP contribution in [-0.2, 0) is 6.42 Å². The van der Waals surface area contributed by atoms with E-state index >= 15 is 0 Å². The third kappa shape index (κ3) is 4.16. The van der Waals surface area contributed by atoms with E-state index in [-0.39, 0.29) is 11.7 Å². The Morgan fingerprint density at radius 1 is 1.24 bits per heavy atom. The molecule has 0 saturated carbocycles. The van der Waals surface area contributed by atoms with Crippen LogP contribution in [-0.4, -0.2) is 25.3 Å². The molecule has 2 rings (SSSR count). The first-order valence-electron chi connectivity index (χ1n) is 6.62. The molecule has 110 valence electrons. The summed E-state index contributed by atoms with van der Waals surface area (Å²) in [5.41, 5.74) is 0.574. The summed E-state index contributed by atoms with van der Waals surface area (Å²) in [7, 11) is 1.57. The maximum absolute atomic E-state index is 12.0. The van der Waals surface area contributed by atoms with E-state index in [0.29, 0.717) is 24.3 Å². The smallest absolute Gasteiger partial charge is 0.251 e. The van der Waals surface area contributed by atoms with Crippen molar-refractivity contribution < 1.29 is 14.3 Å². The highest BCUT2D eigenvalue weighted by Crippen LogP contribution is 2.17. The monoisotopic (exact) mass is 303 g/mol. The molecule has 21 heavy (non-hydrogen) atoms. The molecule has 1 N–H and O–H groups in total. The summed E-state index contributed by atoms with van der Waals surface area (Å²) in [4.78, 5) is 25.1. The molecule has 0 atom stereocenters. The van der Waals surface area contributed by atoms with Crippen molar-refractivity contribution in [3.63, 3.8) is 0 Å². The molecule has 0 fully saturated rings. The molecule has 0 aliphatic carbocycles. The zero-order valence-corrected chi connectivity index (χ0v) is 12.8. The van der Waals surface area contributed by atoms with Gasteiger partial charge < -0.3 is 10.1 Å². The normalized spacial score (nSPS) is 10.2. The number of ketones is 1. The molecule has 1 heterocycles. The summed E-state index contributed by atoms with van der Waals surface area (Å²) in [6, 6.07) is 10.8. The minimum atomic E-state index is -0.128. The summed E-state index contributed by atoms with van der Waals surface area (Å²) in [5.74, 6) is 0.607. The van der Waals surface area contributed by atoms with Gasteiger partial charge in [-0.1, -0.05) is 6.07 Å². The van der Waals surface area contributed by atoms with E-state index in [9.17, 15) is 9.59 Å². The highest BCUT2D eigenvalue weighted by atomic mass is 32.1. The van der Waals surface area contributed by atoms with E-state index in [0.717, 1.165) is 9.75 Å². The Morgan fingerprint density at radius 2 is 2.05 bits per heavy atom. The van der Waals surface area contributed by atoms with Crippen LogP contribution in [0.1, 0.15) is 31.8 Å². The van der Waals surface area contributed by atoms with Gasteiger partial charge in [0.05, 0.1) is 12.0 Å². The zero-order valence-electron chi connectivity index (χ0n) is 12.0. The van der Waals surface area contributed by atoms with Gasteiger partial charge in [-0.2, -0.15) is 0 Å². The van der Waals surface area contributed by atoms with Gasteiger partial charge in [0.2, 0.25) is 0 Å². The third-order valence-electron chi connectivity index (χ3n) is 3.00. The predicted molar refractivity (Wildman–Crippen MR) is 83.4 cm³/mol. The minimum Gasteiger partial charge on any atom is -0.497 e. The van der Waals surface area contributed by atoms with Crippen LogP contribution < -0.4 is 10.1 Å². The summed E-state index contributed by atoms with van der Waals surface area (Å²) in [6.45, 7) is 2.09. The van der Waals surface area contributed by atoms with Crippen molar-refractivity contribution in [2.24, 2.45) is 0 Å². The van der Waals surface area contributed by atoms with Crippen molar-refractivity contribution in [3.05, 3.63) is 51.7 Å². The molecule has 5 heteroatoms. The number of Topliss-reactive ketones (excluding diaryl/α,β-unsaturated/α-hetero) is 1. The average molecular weight is 303 g/mol. The van der Waals surface area contributed by atoms with Crippen LogP contribution in [0.2, 0.25) is 0 Å². The van der Waals surface area contributed by atoms with Crippen LogP contribution in [0.25, 0.3) is 0 Å². The number of amides is 1. The van der Waals surface area contributed by atoms with Gasteiger partial charge in [-0.3, -0.25) is 9.59 Å². The summed E-state index contributed by atoms with van der Waals surface area (Å²) < 4.78 is 5.09. The Morgan fingerprint density at radius 3 is 2.71 bits per heavy atom. The highest BCUT2D eigenvalue weighted by molar-refractivity contribution is 7.14. The second kappa shape index (κ2) is 7.04. The van der Waals surface area contributed by atoms with Gasteiger partial charge in [-0.05, 0) is 43.7 Å². The second-order valence-electron chi connectivity index (χ2n) is 4.56. The Kier molecular flexibility index (Phi) is 5.11. The first-order chi connectivity index (χ1) is 10.1. The molecular formula is C16H17NO3S. The fraction of sp³-hybridized carbons (Fsp3) is 0.250. The number of hydrogen-bond donors (Lipinski definition) is 1. The number of carbonyl (C=O) groups is 2. The Hall–Kier alpha value is -2.14. The standard InChI is InChI=1S/C16H17NO3S/c1-11(18)15-7-6-14(21-15)8-9-17-16(19)12-4-3-5-13(10-12)20-2/h3-7,10H,8-9H2,1-2H3,(H,17,19). The van der Waals surface area contributed by atoms with Crippen LogP contribution in [0.5, 0.6) is 5.75 Å². The minimum absolute atomic E-state index is 0.0756. The van der Waals surface area contributed by atoms with Crippen LogP contribution in [0.3, 0.4) is 0 Å². The van der Waals surface area contributed by atoms with E-state index in [1.54, 1.807) is 38.3 Å². The Labute approximate surface area is 127 Å². The maximum Gasteiger partial charge on any atom is 0.251 e. The van der Waals surface area contributed by atoms with E-state index in [1.807, 2.05) is 12.1 Å². The molecule has 1 aromatic carbocycles. The molecular weight excluding hydrogens is 286 g/mol. The molecule has 0 saturated heterocycles. The lowest BCUT2D eigenvalue weighted by Gasteiger charge is -2.06. The van der Waals surface area contributed by atoms with Gasteiger partial charge in [0.15, 0.2) is 5.78 Å². The number of rotatable bonds is 6. The number of carbonyl (C=O) groups excluding carboxylic acids is 2. The van der Waals surface area contributed by atoms with Crippen LogP contribution in [0.4, 0.5) is 0 Å². The number of ether oxygens (including phenoxy) is 1.